The molecule has 2 N–H and O–H groups in total. The third-order valence-electron chi connectivity index (χ3n) is 2.66. The SMILES string of the molecule is COc1ccc(CN(C)[C@@H](C)C(N)=O)cc1. The number of nitrogens with two attached hydrogens (primary N) is 1. The number of rotatable bonds is 5. The van der Waals surface area contributed by atoms with E-state index < -0.39 is 0 Å². The molecule has 0 unspecified atom stereocenters. The number of carbonyl (C=O) groups is 1. The first-order valence-corrected chi connectivity index (χ1v) is 5.17. The number of benzene rings is 1. The first-order valence-electron chi connectivity index (χ1n) is 5.17. The van der Waals surface area contributed by atoms with Crippen LogP contribution in [0, 0.1) is 0 Å². The minimum atomic E-state index is -0.309. The average molecular weight is 222 g/mol. The van der Waals surface area contributed by atoms with Crippen molar-refractivity contribution in [1.29, 1.82) is 0 Å². The highest BCUT2D eigenvalue weighted by molar-refractivity contribution is 5.79. The van der Waals surface area contributed by atoms with Crippen molar-refractivity contribution in [3.8, 4) is 5.75 Å². The summed E-state index contributed by atoms with van der Waals surface area (Å²) in [5.74, 6) is 0.519. The van der Waals surface area contributed by atoms with Crippen LogP contribution in [-0.2, 0) is 11.3 Å². The molecule has 1 rings (SSSR count). The predicted octanol–water partition coefficient (Wildman–Crippen LogP) is 1.00. The maximum absolute atomic E-state index is 11.0. The van der Waals surface area contributed by atoms with E-state index in [4.69, 9.17) is 10.5 Å². The highest BCUT2D eigenvalue weighted by atomic mass is 16.5. The molecule has 16 heavy (non-hydrogen) atoms. The first-order chi connectivity index (χ1) is 7.54. The van der Waals surface area contributed by atoms with E-state index in [1.807, 2.05) is 36.2 Å². The van der Waals surface area contributed by atoms with E-state index in [1.165, 1.54) is 0 Å². The molecule has 0 aliphatic heterocycles. The van der Waals surface area contributed by atoms with Crippen molar-refractivity contribution < 1.29 is 9.53 Å². The van der Waals surface area contributed by atoms with Gasteiger partial charge in [-0.15, -0.1) is 0 Å². The summed E-state index contributed by atoms with van der Waals surface area (Å²) in [7, 11) is 3.51. The average Bonchev–Trinajstić information content (AvgIpc) is 2.28. The molecule has 1 amide bonds. The van der Waals surface area contributed by atoms with Crippen LogP contribution in [0.25, 0.3) is 0 Å². The second-order valence-corrected chi connectivity index (χ2v) is 3.84. The molecule has 0 saturated heterocycles. The minimum Gasteiger partial charge on any atom is -0.497 e. The molecule has 1 aromatic rings. The summed E-state index contributed by atoms with van der Waals surface area (Å²) in [5.41, 5.74) is 6.36. The molecule has 4 heteroatoms. The number of ether oxygens (including phenoxy) is 1. The van der Waals surface area contributed by atoms with Crippen molar-refractivity contribution in [1.82, 2.24) is 4.90 Å². The van der Waals surface area contributed by atoms with E-state index in [0.717, 1.165) is 11.3 Å². The van der Waals surface area contributed by atoms with Gasteiger partial charge in [0, 0.05) is 6.54 Å². The number of likely N-dealkylation sites (N-methyl/N-ethyl adjacent to an activating group) is 1. The molecule has 0 saturated carbocycles. The van der Waals surface area contributed by atoms with Gasteiger partial charge in [-0.25, -0.2) is 0 Å². The number of amides is 1. The Kier molecular flexibility index (Phi) is 4.31. The molecule has 0 aliphatic rings. The number of primary amides is 1. The molecule has 0 radical (unpaired) electrons. The van der Waals surface area contributed by atoms with Gasteiger partial charge in [-0.05, 0) is 31.7 Å². The van der Waals surface area contributed by atoms with E-state index in [0.29, 0.717) is 6.54 Å². The molecule has 88 valence electrons. The van der Waals surface area contributed by atoms with Gasteiger partial charge in [-0.3, -0.25) is 9.69 Å². The molecule has 0 heterocycles. The molecule has 4 nitrogen and oxygen atoms in total. The summed E-state index contributed by atoms with van der Waals surface area (Å²) < 4.78 is 5.07. The van der Waals surface area contributed by atoms with Crippen molar-refractivity contribution >= 4 is 5.91 Å². The van der Waals surface area contributed by atoms with Crippen LogP contribution in [-0.4, -0.2) is 31.0 Å². The zero-order chi connectivity index (χ0) is 12.1. The molecule has 1 aromatic carbocycles. The highest BCUT2D eigenvalue weighted by Gasteiger charge is 2.14. The fourth-order valence-electron chi connectivity index (χ4n) is 1.37. The third-order valence-corrected chi connectivity index (χ3v) is 2.66. The van der Waals surface area contributed by atoms with Crippen LogP contribution < -0.4 is 10.5 Å². The lowest BCUT2D eigenvalue weighted by Gasteiger charge is -2.21. The van der Waals surface area contributed by atoms with Crippen LogP contribution >= 0.6 is 0 Å². The van der Waals surface area contributed by atoms with Crippen molar-refractivity contribution in [2.24, 2.45) is 5.73 Å². The molecular weight excluding hydrogens is 204 g/mol. The maximum atomic E-state index is 11.0. The van der Waals surface area contributed by atoms with Gasteiger partial charge < -0.3 is 10.5 Å². The molecule has 0 spiro atoms. The third kappa shape index (κ3) is 3.24. The Bertz CT molecular complexity index is 349. The van der Waals surface area contributed by atoms with E-state index in [2.05, 4.69) is 0 Å². The quantitative estimate of drug-likeness (QED) is 0.808. The molecule has 1 atom stereocenters. The van der Waals surface area contributed by atoms with Gasteiger partial charge in [0.25, 0.3) is 0 Å². The van der Waals surface area contributed by atoms with Crippen LogP contribution in [0.2, 0.25) is 0 Å². The van der Waals surface area contributed by atoms with Gasteiger partial charge >= 0.3 is 0 Å². The van der Waals surface area contributed by atoms with Gasteiger partial charge in [-0.1, -0.05) is 12.1 Å². The number of carbonyl (C=O) groups excluding carboxylic acids is 1. The smallest absolute Gasteiger partial charge is 0.234 e. The Hall–Kier alpha value is -1.55. The van der Waals surface area contributed by atoms with Crippen LogP contribution in [0.4, 0.5) is 0 Å². The molecule has 0 aliphatic carbocycles. The maximum Gasteiger partial charge on any atom is 0.234 e. The largest absolute Gasteiger partial charge is 0.497 e. The monoisotopic (exact) mass is 222 g/mol. The van der Waals surface area contributed by atoms with Crippen molar-refractivity contribution in [2.45, 2.75) is 19.5 Å². The Morgan fingerprint density at radius 2 is 2.00 bits per heavy atom. The molecule has 0 bridgehead atoms. The summed E-state index contributed by atoms with van der Waals surface area (Å²) in [5, 5.41) is 0. The summed E-state index contributed by atoms with van der Waals surface area (Å²) >= 11 is 0. The van der Waals surface area contributed by atoms with E-state index in [9.17, 15) is 4.79 Å². The van der Waals surface area contributed by atoms with Gasteiger partial charge in [0.1, 0.15) is 5.75 Å². The van der Waals surface area contributed by atoms with Gasteiger partial charge in [-0.2, -0.15) is 0 Å². The molecular formula is C12H18N2O2. The predicted molar refractivity (Wildman–Crippen MR) is 63.1 cm³/mol. The van der Waals surface area contributed by atoms with Gasteiger partial charge in [0.15, 0.2) is 0 Å². The topological polar surface area (TPSA) is 55.6 Å². The Morgan fingerprint density at radius 3 is 2.44 bits per heavy atom. The Labute approximate surface area is 96.0 Å². The highest BCUT2D eigenvalue weighted by Crippen LogP contribution is 2.13. The van der Waals surface area contributed by atoms with Crippen LogP contribution in [0.1, 0.15) is 12.5 Å². The second kappa shape index (κ2) is 5.51. The minimum absolute atomic E-state index is 0.262. The zero-order valence-electron chi connectivity index (χ0n) is 9.93. The Morgan fingerprint density at radius 1 is 1.44 bits per heavy atom. The number of hydrogen-bond acceptors (Lipinski definition) is 3. The molecule has 0 fully saturated rings. The van der Waals surface area contributed by atoms with E-state index >= 15 is 0 Å². The summed E-state index contributed by atoms with van der Waals surface area (Å²) in [6.45, 7) is 2.49. The van der Waals surface area contributed by atoms with Crippen molar-refractivity contribution in [3.63, 3.8) is 0 Å². The zero-order valence-corrected chi connectivity index (χ0v) is 9.93. The van der Waals surface area contributed by atoms with Gasteiger partial charge in [0.2, 0.25) is 5.91 Å². The number of methoxy groups -OCH3 is 1. The number of nitrogens with zero attached hydrogens (tertiary/aromatic N) is 1. The fourth-order valence-corrected chi connectivity index (χ4v) is 1.37. The summed E-state index contributed by atoms with van der Waals surface area (Å²) in [6.07, 6.45) is 0. The fraction of sp³-hybridized carbons (Fsp3) is 0.417. The summed E-state index contributed by atoms with van der Waals surface area (Å²) in [6, 6.07) is 7.49. The normalized spacial score (nSPS) is 12.5. The van der Waals surface area contributed by atoms with Crippen molar-refractivity contribution in [3.05, 3.63) is 29.8 Å². The van der Waals surface area contributed by atoms with E-state index in [1.54, 1.807) is 14.0 Å². The second-order valence-electron chi connectivity index (χ2n) is 3.84. The lowest BCUT2D eigenvalue weighted by molar-refractivity contribution is -0.122. The van der Waals surface area contributed by atoms with E-state index in [-0.39, 0.29) is 11.9 Å². The van der Waals surface area contributed by atoms with Crippen LogP contribution in [0.15, 0.2) is 24.3 Å². The lowest BCUT2D eigenvalue weighted by Crippen LogP contribution is -2.39. The van der Waals surface area contributed by atoms with Crippen molar-refractivity contribution in [2.75, 3.05) is 14.2 Å². The number of hydrogen-bond donors (Lipinski definition) is 1. The van der Waals surface area contributed by atoms with Gasteiger partial charge in [0.05, 0.1) is 13.2 Å². The standard InChI is InChI=1S/C12H18N2O2/c1-9(12(13)15)14(2)8-10-4-6-11(16-3)7-5-10/h4-7,9H,8H2,1-3H3,(H2,13,15)/t9-/m0/s1. The Balaban J connectivity index is 2.62. The first kappa shape index (κ1) is 12.5. The van der Waals surface area contributed by atoms with Crippen LogP contribution in [0.5, 0.6) is 5.75 Å². The lowest BCUT2D eigenvalue weighted by atomic mass is 10.2. The van der Waals surface area contributed by atoms with Crippen LogP contribution in [0.3, 0.4) is 0 Å². The molecule has 0 aromatic heterocycles. The summed E-state index contributed by atoms with van der Waals surface area (Å²) in [4.78, 5) is 12.9.